The fraction of sp³-hybridized carbons (Fsp3) is 0.533. The van der Waals surface area contributed by atoms with E-state index in [1.165, 1.54) is 19.3 Å². The first-order valence-corrected chi connectivity index (χ1v) is 6.77. The normalized spacial score (nSPS) is 15.2. The summed E-state index contributed by atoms with van der Waals surface area (Å²) in [5.41, 5.74) is 8.18. The second-order valence-electron chi connectivity index (χ2n) is 5.22. The van der Waals surface area contributed by atoms with Crippen molar-refractivity contribution in [1.82, 2.24) is 4.90 Å². The van der Waals surface area contributed by atoms with Crippen LogP contribution in [0.3, 0.4) is 0 Å². The molecule has 1 saturated carbocycles. The average Bonchev–Trinajstić information content (AvgIpc) is 2.30. The lowest BCUT2D eigenvalue weighted by molar-refractivity contribution is 0.0706. The number of hydrogen-bond donors (Lipinski definition) is 1. The first-order valence-electron chi connectivity index (χ1n) is 6.77. The van der Waals surface area contributed by atoms with E-state index in [2.05, 4.69) is 0 Å². The maximum atomic E-state index is 12.5. The Kier molecular flexibility index (Phi) is 3.90. The largest absolute Gasteiger partial charge is 0.399 e. The molecule has 0 bridgehead atoms. The van der Waals surface area contributed by atoms with Crippen LogP contribution in [0.1, 0.15) is 42.1 Å². The van der Waals surface area contributed by atoms with Crippen molar-refractivity contribution in [2.45, 2.75) is 33.1 Å². The van der Waals surface area contributed by atoms with Crippen LogP contribution in [-0.2, 0) is 0 Å². The molecule has 18 heavy (non-hydrogen) atoms. The minimum atomic E-state index is 0.120. The van der Waals surface area contributed by atoms with Gasteiger partial charge in [-0.05, 0) is 50.3 Å². The van der Waals surface area contributed by atoms with Crippen LogP contribution >= 0.6 is 0 Å². The summed E-state index contributed by atoms with van der Waals surface area (Å²) in [5, 5.41) is 0. The maximum absolute atomic E-state index is 12.5. The van der Waals surface area contributed by atoms with Crippen LogP contribution < -0.4 is 5.73 Å². The summed E-state index contributed by atoms with van der Waals surface area (Å²) in [4.78, 5) is 14.4. The van der Waals surface area contributed by atoms with Gasteiger partial charge in [0.05, 0.1) is 0 Å². The highest BCUT2D eigenvalue weighted by atomic mass is 16.2. The molecule has 0 heterocycles. The topological polar surface area (TPSA) is 46.3 Å². The van der Waals surface area contributed by atoms with Crippen molar-refractivity contribution >= 4 is 11.6 Å². The zero-order chi connectivity index (χ0) is 13.1. The molecule has 0 atom stereocenters. The van der Waals surface area contributed by atoms with Crippen molar-refractivity contribution in [2.75, 3.05) is 18.8 Å². The molecule has 0 aliphatic heterocycles. The molecule has 1 fully saturated rings. The molecular weight excluding hydrogens is 224 g/mol. The smallest absolute Gasteiger partial charge is 0.254 e. The van der Waals surface area contributed by atoms with Gasteiger partial charge in [-0.2, -0.15) is 0 Å². The first-order chi connectivity index (χ1) is 8.61. The molecule has 2 rings (SSSR count). The third-order valence-electron chi connectivity index (χ3n) is 3.86. The quantitative estimate of drug-likeness (QED) is 0.830. The van der Waals surface area contributed by atoms with Crippen molar-refractivity contribution in [3.8, 4) is 0 Å². The number of aryl methyl sites for hydroxylation is 1. The van der Waals surface area contributed by atoms with E-state index in [-0.39, 0.29) is 5.91 Å². The molecular formula is C15H22N2O. The fourth-order valence-corrected chi connectivity index (χ4v) is 2.38. The molecule has 1 aliphatic rings. The molecule has 2 N–H and O–H groups in total. The van der Waals surface area contributed by atoms with Crippen LogP contribution in [0.4, 0.5) is 5.69 Å². The van der Waals surface area contributed by atoms with Gasteiger partial charge in [0.15, 0.2) is 0 Å². The van der Waals surface area contributed by atoms with Crippen LogP contribution in [0.5, 0.6) is 0 Å². The molecule has 3 nitrogen and oxygen atoms in total. The maximum Gasteiger partial charge on any atom is 0.254 e. The van der Waals surface area contributed by atoms with Gasteiger partial charge in [0, 0.05) is 24.3 Å². The molecule has 1 amide bonds. The summed E-state index contributed by atoms with van der Waals surface area (Å²) in [6, 6.07) is 5.55. The third kappa shape index (κ3) is 2.66. The first kappa shape index (κ1) is 12.9. The molecule has 0 saturated heterocycles. The molecule has 98 valence electrons. The number of hydrogen-bond acceptors (Lipinski definition) is 2. The standard InChI is InChI=1S/C15H22N2O/c1-3-17(10-12-5-4-6-12)15(18)14-9-13(16)8-7-11(14)2/h7-9,12H,3-6,10,16H2,1-2H3. The summed E-state index contributed by atoms with van der Waals surface area (Å²) in [6.07, 6.45) is 3.84. The molecule has 3 heteroatoms. The van der Waals surface area contributed by atoms with E-state index < -0.39 is 0 Å². The van der Waals surface area contributed by atoms with E-state index in [0.29, 0.717) is 11.6 Å². The summed E-state index contributed by atoms with van der Waals surface area (Å²) in [5.74, 6) is 0.824. The highest BCUT2D eigenvalue weighted by molar-refractivity contribution is 5.96. The molecule has 0 spiro atoms. The second-order valence-corrected chi connectivity index (χ2v) is 5.22. The number of rotatable bonds is 4. The molecule has 1 aromatic rings. The zero-order valence-corrected chi connectivity index (χ0v) is 11.3. The zero-order valence-electron chi connectivity index (χ0n) is 11.3. The summed E-state index contributed by atoms with van der Waals surface area (Å²) < 4.78 is 0. The van der Waals surface area contributed by atoms with Crippen molar-refractivity contribution in [1.29, 1.82) is 0 Å². The Hall–Kier alpha value is -1.51. The monoisotopic (exact) mass is 246 g/mol. The predicted octanol–water partition coefficient (Wildman–Crippen LogP) is 2.84. The molecule has 0 aromatic heterocycles. The van der Waals surface area contributed by atoms with Gasteiger partial charge in [0.2, 0.25) is 0 Å². The summed E-state index contributed by atoms with van der Waals surface area (Å²) in [6.45, 7) is 5.66. The van der Waals surface area contributed by atoms with Crippen LogP contribution in [0.15, 0.2) is 18.2 Å². The fourth-order valence-electron chi connectivity index (χ4n) is 2.38. The lowest BCUT2D eigenvalue weighted by Crippen LogP contribution is -2.37. The molecule has 0 radical (unpaired) electrons. The van der Waals surface area contributed by atoms with E-state index in [1.807, 2.05) is 30.9 Å². The van der Waals surface area contributed by atoms with Gasteiger partial charge in [-0.3, -0.25) is 4.79 Å². The predicted molar refractivity (Wildman–Crippen MR) is 74.5 cm³/mol. The second kappa shape index (κ2) is 5.42. The van der Waals surface area contributed by atoms with E-state index in [1.54, 1.807) is 6.07 Å². The van der Waals surface area contributed by atoms with Crippen molar-refractivity contribution in [3.05, 3.63) is 29.3 Å². The molecule has 1 aromatic carbocycles. The van der Waals surface area contributed by atoms with E-state index >= 15 is 0 Å². The Bertz CT molecular complexity index is 438. The minimum absolute atomic E-state index is 0.120. The highest BCUT2D eigenvalue weighted by Crippen LogP contribution is 2.27. The molecule has 0 unspecified atom stereocenters. The van der Waals surface area contributed by atoms with Crippen LogP contribution in [0.2, 0.25) is 0 Å². The lowest BCUT2D eigenvalue weighted by Gasteiger charge is -2.32. The summed E-state index contributed by atoms with van der Waals surface area (Å²) >= 11 is 0. The van der Waals surface area contributed by atoms with Gasteiger partial charge in [0.1, 0.15) is 0 Å². The average molecular weight is 246 g/mol. The number of carbonyl (C=O) groups excluding carboxylic acids is 1. The number of carbonyl (C=O) groups is 1. The minimum Gasteiger partial charge on any atom is -0.399 e. The SMILES string of the molecule is CCN(CC1CCC1)C(=O)c1cc(N)ccc1C. The van der Waals surface area contributed by atoms with E-state index in [4.69, 9.17) is 5.73 Å². The molecule has 1 aliphatic carbocycles. The van der Waals surface area contributed by atoms with Crippen LogP contribution in [-0.4, -0.2) is 23.9 Å². The van der Waals surface area contributed by atoms with Crippen molar-refractivity contribution in [3.63, 3.8) is 0 Å². The van der Waals surface area contributed by atoms with Crippen molar-refractivity contribution in [2.24, 2.45) is 5.92 Å². The summed E-state index contributed by atoms with van der Waals surface area (Å²) in [7, 11) is 0. The van der Waals surface area contributed by atoms with Gasteiger partial charge in [0.25, 0.3) is 5.91 Å². The Balaban J connectivity index is 2.14. The highest BCUT2D eigenvalue weighted by Gasteiger charge is 2.24. The Morgan fingerprint density at radius 2 is 2.17 bits per heavy atom. The van der Waals surface area contributed by atoms with E-state index in [0.717, 1.165) is 24.2 Å². The third-order valence-corrected chi connectivity index (χ3v) is 3.86. The van der Waals surface area contributed by atoms with Gasteiger partial charge >= 0.3 is 0 Å². The number of benzene rings is 1. The number of nitrogen functional groups attached to an aromatic ring is 1. The Morgan fingerprint density at radius 3 is 2.72 bits per heavy atom. The number of nitrogens with zero attached hydrogens (tertiary/aromatic N) is 1. The number of anilines is 1. The van der Waals surface area contributed by atoms with E-state index in [9.17, 15) is 4.79 Å². The van der Waals surface area contributed by atoms with Gasteiger partial charge in [-0.25, -0.2) is 0 Å². The lowest BCUT2D eigenvalue weighted by atomic mass is 9.85. The van der Waals surface area contributed by atoms with Gasteiger partial charge in [-0.1, -0.05) is 12.5 Å². The Labute approximate surface area is 109 Å². The van der Waals surface area contributed by atoms with Gasteiger partial charge < -0.3 is 10.6 Å². The Morgan fingerprint density at radius 1 is 1.44 bits per heavy atom. The van der Waals surface area contributed by atoms with Crippen LogP contribution in [0.25, 0.3) is 0 Å². The van der Waals surface area contributed by atoms with Gasteiger partial charge in [-0.15, -0.1) is 0 Å². The van der Waals surface area contributed by atoms with Crippen LogP contribution in [0, 0.1) is 12.8 Å². The van der Waals surface area contributed by atoms with Crippen molar-refractivity contribution < 1.29 is 4.79 Å². The number of nitrogens with two attached hydrogens (primary N) is 1. The number of amides is 1.